The van der Waals surface area contributed by atoms with Crippen LogP contribution >= 0.6 is 15.9 Å². The number of hydrogen-bond acceptors (Lipinski definition) is 1. The Kier molecular flexibility index (Phi) is 4.29. The average molecular weight is 274 g/mol. The molecule has 1 atom stereocenters. The highest BCUT2D eigenvalue weighted by Crippen LogP contribution is 2.27. The molecule has 0 heterocycles. The van der Waals surface area contributed by atoms with Crippen LogP contribution in [0.15, 0.2) is 22.7 Å². The van der Waals surface area contributed by atoms with Crippen molar-refractivity contribution in [3.05, 3.63) is 34.1 Å². The van der Waals surface area contributed by atoms with Gasteiger partial charge in [-0.3, -0.25) is 0 Å². The monoisotopic (exact) mass is 273 g/mol. The predicted octanol–water partition coefficient (Wildman–Crippen LogP) is 3.51. The van der Waals surface area contributed by atoms with Gasteiger partial charge in [0.25, 0.3) is 0 Å². The summed E-state index contributed by atoms with van der Waals surface area (Å²) in [6, 6.07) is 5.19. The second-order valence-corrected chi connectivity index (χ2v) is 5.20. The highest BCUT2D eigenvalue weighted by molar-refractivity contribution is 9.10. The lowest BCUT2D eigenvalue weighted by Gasteiger charge is -2.26. The van der Waals surface area contributed by atoms with Gasteiger partial charge < -0.3 is 5.73 Å². The fourth-order valence-corrected chi connectivity index (χ4v) is 1.80. The number of rotatable bonds is 4. The van der Waals surface area contributed by atoms with Crippen molar-refractivity contribution in [3.8, 4) is 0 Å². The second kappa shape index (κ2) is 5.08. The molecule has 0 saturated heterocycles. The molecule has 15 heavy (non-hydrogen) atoms. The molecule has 0 aliphatic rings. The molecule has 0 spiro atoms. The molecule has 0 fully saturated rings. The van der Waals surface area contributed by atoms with E-state index in [-0.39, 0.29) is 11.2 Å². The van der Waals surface area contributed by atoms with Crippen LogP contribution in [0.3, 0.4) is 0 Å². The Hall–Kier alpha value is -0.410. The zero-order valence-corrected chi connectivity index (χ0v) is 10.8. The van der Waals surface area contributed by atoms with Gasteiger partial charge in [0.1, 0.15) is 5.82 Å². The Morgan fingerprint density at radius 1 is 1.47 bits per heavy atom. The molecule has 84 valence electrons. The summed E-state index contributed by atoms with van der Waals surface area (Å²) in [5, 5.41) is 0. The van der Waals surface area contributed by atoms with Gasteiger partial charge in [-0.25, -0.2) is 4.39 Å². The van der Waals surface area contributed by atoms with Gasteiger partial charge in [0.15, 0.2) is 0 Å². The number of benzene rings is 1. The van der Waals surface area contributed by atoms with Crippen LogP contribution in [0.25, 0.3) is 0 Å². The maximum Gasteiger partial charge on any atom is 0.127 e. The zero-order valence-electron chi connectivity index (χ0n) is 9.19. The number of halogens is 2. The average Bonchev–Trinajstić information content (AvgIpc) is 2.22. The van der Waals surface area contributed by atoms with E-state index in [4.69, 9.17) is 5.73 Å². The molecule has 1 nitrogen and oxygen atoms in total. The van der Waals surface area contributed by atoms with E-state index in [0.717, 1.165) is 16.5 Å². The molecule has 1 aromatic carbocycles. The summed E-state index contributed by atoms with van der Waals surface area (Å²) in [7, 11) is 0. The minimum absolute atomic E-state index is 0.00529. The minimum atomic E-state index is -0.155. The van der Waals surface area contributed by atoms with Crippen molar-refractivity contribution in [1.29, 1.82) is 0 Å². The predicted molar refractivity (Wildman–Crippen MR) is 65.3 cm³/mol. The smallest absolute Gasteiger partial charge is 0.127 e. The maximum absolute atomic E-state index is 13.6. The third kappa shape index (κ3) is 3.28. The highest BCUT2D eigenvalue weighted by Gasteiger charge is 2.22. The molecule has 2 N–H and O–H groups in total. The van der Waals surface area contributed by atoms with Crippen molar-refractivity contribution in [3.63, 3.8) is 0 Å². The topological polar surface area (TPSA) is 26.0 Å². The molecule has 0 radical (unpaired) electrons. The van der Waals surface area contributed by atoms with Crippen molar-refractivity contribution >= 4 is 15.9 Å². The van der Waals surface area contributed by atoms with Crippen molar-refractivity contribution in [1.82, 2.24) is 0 Å². The molecule has 0 bridgehead atoms. The van der Waals surface area contributed by atoms with E-state index >= 15 is 0 Å². The van der Waals surface area contributed by atoms with Gasteiger partial charge in [-0.15, -0.1) is 0 Å². The molecule has 0 saturated carbocycles. The van der Waals surface area contributed by atoms with Crippen molar-refractivity contribution < 1.29 is 4.39 Å². The Bertz CT molecular complexity index is 334. The summed E-state index contributed by atoms with van der Waals surface area (Å²) in [5.41, 5.74) is 6.45. The van der Waals surface area contributed by atoms with E-state index in [1.807, 2.05) is 12.1 Å². The molecular formula is C12H17BrFN. The number of hydrogen-bond donors (Lipinski definition) is 1. The second-order valence-electron chi connectivity index (χ2n) is 4.28. The summed E-state index contributed by atoms with van der Waals surface area (Å²) in [4.78, 5) is 0. The van der Waals surface area contributed by atoms with Crippen LogP contribution in [0.4, 0.5) is 4.39 Å². The third-order valence-electron chi connectivity index (χ3n) is 2.98. The van der Waals surface area contributed by atoms with E-state index in [2.05, 4.69) is 29.8 Å². The molecule has 1 aromatic rings. The normalized spacial score (nSPS) is 15.0. The zero-order chi connectivity index (χ0) is 11.5. The summed E-state index contributed by atoms with van der Waals surface area (Å²) >= 11 is 3.25. The van der Waals surface area contributed by atoms with Crippen LogP contribution in [0.5, 0.6) is 0 Å². The first kappa shape index (κ1) is 12.7. The largest absolute Gasteiger partial charge is 0.330 e. The summed E-state index contributed by atoms with van der Waals surface area (Å²) in [6.07, 6.45) is 1.65. The van der Waals surface area contributed by atoms with Gasteiger partial charge in [-0.1, -0.05) is 35.8 Å². The summed E-state index contributed by atoms with van der Waals surface area (Å²) in [5.74, 6) is -0.155. The molecule has 0 aliphatic carbocycles. The Balaban J connectivity index is 2.89. The van der Waals surface area contributed by atoms with Crippen molar-refractivity contribution in [2.45, 2.75) is 26.7 Å². The first-order valence-corrected chi connectivity index (χ1v) is 5.94. The third-order valence-corrected chi connectivity index (χ3v) is 3.47. The Labute approximate surface area is 99.0 Å². The van der Waals surface area contributed by atoms with E-state index in [0.29, 0.717) is 13.0 Å². The molecular weight excluding hydrogens is 257 g/mol. The van der Waals surface area contributed by atoms with Crippen molar-refractivity contribution in [2.24, 2.45) is 11.1 Å². The molecule has 3 heteroatoms. The first-order valence-electron chi connectivity index (χ1n) is 5.15. The lowest BCUT2D eigenvalue weighted by molar-refractivity contribution is 0.316. The van der Waals surface area contributed by atoms with Crippen LogP contribution in [-0.4, -0.2) is 6.54 Å². The van der Waals surface area contributed by atoms with Gasteiger partial charge in [0, 0.05) is 4.47 Å². The lowest BCUT2D eigenvalue weighted by Crippen LogP contribution is -2.29. The van der Waals surface area contributed by atoms with Crippen LogP contribution in [0.2, 0.25) is 0 Å². The lowest BCUT2D eigenvalue weighted by atomic mass is 9.81. The van der Waals surface area contributed by atoms with E-state index in [9.17, 15) is 4.39 Å². The van der Waals surface area contributed by atoms with Gasteiger partial charge in [0.05, 0.1) is 0 Å². The molecule has 1 unspecified atom stereocenters. The van der Waals surface area contributed by atoms with E-state index in [1.165, 1.54) is 6.07 Å². The van der Waals surface area contributed by atoms with Gasteiger partial charge in [-0.2, -0.15) is 0 Å². The van der Waals surface area contributed by atoms with Crippen LogP contribution in [-0.2, 0) is 6.42 Å². The Morgan fingerprint density at radius 3 is 2.60 bits per heavy atom. The Morgan fingerprint density at radius 2 is 2.13 bits per heavy atom. The SMILES string of the molecule is CCC(C)(CN)Cc1ccc(Br)cc1F. The van der Waals surface area contributed by atoms with Crippen LogP contribution < -0.4 is 5.73 Å². The van der Waals surface area contributed by atoms with Gasteiger partial charge in [-0.05, 0) is 42.5 Å². The van der Waals surface area contributed by atoms with E-state index in [1.54, 1.807) is 0 Å². The van der Waals surface area contributed by atoms with E-state index < -0.39 is 0 Å². The molecule has 0 aromatic heterocycles. The quantitative estimate of drug-likeness (QED) is 0.893. The molecule has 1 rings (SSSR count). The standard InChI is InChI=1S/C12H17BrFN/c1-3-12(2,8-15)7-9-4-5-10(13)6-11(9)14/h4-6H,3,7-8,15H2,1-2H3. The van der Waals surface area contributed by atoms with Gasteiger partial charge in [0.2, 0.25) is 0 Å². The fourth-order valence-electron chi connectivity index (χ4n) is 1.47. The van der Waals surface area contributed by atoms with Crippen LogP contribution in [0, 0.1) is 11.2 Å². The van der Waals surface area contributed by atoms with Crippen LogP contribution in [0.1, 0.15) is 25.8 Å². The summed E-state index contributed by atoms with van der Waals surface area (Å²) in [6.45, 7) is 4.76. The molecule has 0 amide bonds. The van der Waals surface area contributed by atoms with Gasteiger partial charge >= 0.3 is 0 Å². The maximum atomic E-state index is 13.6. The minimum Gasteiger partial charge on any atom is -0.330 e. The van der Waals surface area contributed by atoms with Crippen molar-refractivity contribution in [2.75, 3.05) is 6.54 Å². The summed E-state index contributed by atoms with van der Waals surface area (Å²) < 4.78 is 14.4. The number of nitrogens with two attached hydrogens (primary N) is 1. The fraction of sp³-hybridized carbons (Fsp3) is 0.500. The first-order chi connectivity index (χ1) is 7.00. The highest BCUT2D eigenvalue weighted by atomic mass is 79.9. The molecule has 0 aliphatic heterocycles.